The molecular formula is C15H16N2OS. The van der Waals surface area contributed by atoms with Gasteiger partial charge < -0.3 is 5.73 Å². The van der Waals surface area contributed by atoms with E-state index in [-0.39, 0.29) is 5.78 Å². The van der Waals surface area contributed by atoms with Crippen LogP contribution in [0.5, 0.6) is 0 Å². The van der Waals surface area contributed by atoms with E-state index in [9.17, 15) is 4.79 Å². The number of hydrogen-bond acceptors (Lipinski definition) is 4. The minimum Gasteiger partial charge on any atom is -0.319 e. The number of rotatable bonds is 4. The number of carbonyl (C=O) groups is 1. The van der Waals surface area contributed by atoms with E-state index in [4.69, 9.17) is 5.73 Å². The van der Waals surface area contributed by atoms with Gasteiger partial charge in [-0.2, -0.15) is 0 Å². The molecule has 0 atom stereocenters. The zero-order valence-corrected chi connectivity index (χ0v) is 11.5. The first-order chi connectivity index (χ1) is 9.17. The van der Waals surface area contributed by atoms with Crippen LogP contribution in [0.15, 0.2) is 35.7 Å². The van der Waals surface area contributed by atoms with Crippen molar-refractivity contribution in [2.24, 2.45) is 5.73 Å². The molecule has 0 bridgehead atoms. The molecule has 1 fully saturated rings. The van der Waals surface area contributed by atoms with Crippen molar-refractivity contribution in [3.8, 4) is 11.3 Å². The van der Waals surface area contributed by atoms with Crippen molar-refractivity contribution >= 4 is 17.1 Å². The molecule has 2 aromatic rings. The molecule has 0 amide bonds. The highest BCUT2D eigenvalue weighted by Gasteiger charge is 2.39. The van der Waals surface area contributed by atoms with Crippen LogP contribution in [0.3, 0.4) is 0 Å². The summed E-state index contributed by atoms with van der Waals surface area (Å²) in [5, 5.41) is 2.86. The molecule has 0 aliphatic heterocycles. The lowest BCUT2D eigenvalue weighted by atomic mass is 9.74. The number of nitrogens with zero attached hydrogens (tertiary/aromatic N) is 1. The van der Waals surface area contributed by atoms with E-state index in [1.165, 1.54) is 11.3 Å². The maximum Gasteiger partial charge on any atom is 0.159 e. The van der Waals surface area contributed by atoms with Crippen LogP contribution in [0, 0.1) is 0 Å². The van der Waals surface area contributed by atoms with Gasteiger partial charge in [0.05, 0.1) is 17.7 Å². The zero-order valence-electron chi connectivity index (χ0n) is 10.6. The van der Waals surface area contributed by atoms with Gasteiger partial charge in [-0.25, -0.2) is 4.98 Å². The molecule has 0 unspecified atom stereocenters. The van der Waals surface area contributed by atoms with Gasteiger partial charge in [-0.3, -0.25) is 4.79 Å². The Morgan fingerprint density at radius 1 is 1.32 bits per heavy atom. The molecule has 98 valence electrons. The second-order valence-electron chi connectivity index (χ2n) is 5.10. The second-order valence-corrected chi connectivity index (χ2v) is 6.04. The van der Waals surface area contributed by atoms with Crippen LogP contribution in [-0.4, -0.2) is 16.3 Å². The number of hydrogen-bond donors (Lipinski definition) is 1. The van der Waals surface area contributed by atoms with Crippen molar-refractivity contribution in [3.63, 3.8) is 0 Å². The summed E-state index contributed by atoms with van der Waals surface area (Å²) in [6.45, 7) is 0. The Kier molecular flexibility index (Phi) is 3.21. The first-order valence-corrected chi connectivity index (χ1v) is 7.37. The number of nitrogens with two attached hydrogens (primary N) is 1. The molecule has 1 aliphatic rings. The van der Waals surface area contributed by atoms with Crippen LogP contribution in [0.2, 0.25) is 0 Å². The van der Waals surface area contributed by atoms with Crippen LogP contribution in [0.4, 0.5) is 0 Å². The topological polar surface area (TPSA) is 56.0 Å². The summed E-state index contributed by atoms with van der Waals surface area (Å²) in [5.41, 5.74) is 7.49. The standard InChI is InChI=1S/C15H16N2OS/c16-15(7-4-8-15)13(18)9-14-17-12(10-19-14)11-5-2-1-3-6-11/h1-3,5-6,10H,4,7-9,16H2. The molecule has 1 aromatic carbocycles. The Balaban J connectivity index is 1.74. The monoisotopic (exact) mass is 272 g/mol. The van der Waals surface area contributed by atoms with Gasteiger partial charge in [-0.05, 0) is 19.3 Å². The van der Waals surface area contributed by atoms with Crippen LogP contribution < -0.4 is 5.73 Å². The fraction of sp³-hybridized carbons (Fsp3) is 0.333. The van der Waals surface area contributed by atoms with Crippen LogP contribution in [-0.2, 0) is 11.2 Å². The Labute approximate surface area is 116 Å². The number of Topliss-reactive ketones (excluding diaryl/α,β-unsaturated/α-hetero) is 1. The van der Waals surface area contributed by atoms with E-state index in [1.54, 1.807) is 0 Å². The van der Waals surface area contributed by atoms with Crippen molar-refractivity contribution in [2.45, 2.75) is 31.2 Å². The number of aromatic nitrogens is 1. The van der Waals surface area contributed by atoms with Crippen LogP contribution in [0.1, 0.15) is 24.3 Å². The molecule has 2 N–H and O–H groups in total. The van der Waals surface area contributed by atoms with Crippen LogP contribution >= 0.6 is 11.3 Å². The molecule has 3 nitrogen and oxygen atoms in total. The summed E-state index contributed by atoms with van der Waals surface area (Å²) in [6.07, 6.45) is 3.08. The van der Waals surface area contributed by atoms with E-state index in [1.807, 2.05) is 35.7 Å². The second kappa shape index (κ2) is 4.87. The summed E-state index contributed by atoms with van der Waals surface area (Å²) < 4.78 is 0. The molecule has 4 heteroatoms. The predicted octanol–water partition coefficient (Wildman–Crippen LogP) is 2.80. The van der Waals surface area contributed by atoms with Gasteiger partial charge in [0.25, 0.3) is 0 Å². The smallest absolute Gasteiger partial charge is 0.159 e. The number of benzene rings is 1. The SMILES string of the molecule is NC1(C(=O)Cc2nc(-c3ccccc3)cs2)CCC1. The normalized spacial score (nSPS) is 16.9. The average Bonchev–Trinajstić information content (AvgIpc) is 2.85. The lowest BCUT2D eigenvalue weighted by Gasteiger charge is -2.36. The fourth-order valence-corrected chi connectivity index (χ4v) is 3.09. The summed E-state index contributed by atoms with van der Waals surface area (Å²) in [6, 6.07) is 10.0. The third kappa shape index (κ3) is 2.46. The Morgan fingerprint density at radius 3 is 2.68 bits per heavy atom. The lowest BCUT2D eigenvalue weighted by molar-refractivity contribution is -0.126. The number of thiazole rings is 1. The number of ketones is 1. The van der Waals surface area contributed by atoms with E-state index < -0.39 is 5.54 Å². The number of carbonyl (C=O) groups excluding carboxylic acids is 1. The highest BCUT2D eigenvalue weighted by Crippen LogP contribution is 2.31. The van der Waals surface area contributed by atoms with Gasteiger partial charge >= 0.3 is 0 Å². The summed E-state index contributed by atoms with van der Waals surface area (Å²) >= 11 is 1.54. The minimum atomic E-state index is -0.571. The first-order valence-electron chi connectivity index (χ1n) is 6.49. The molecule has 1 saturated carbocycles. The summed E-state index contributed by atoms with van der Waals surface area (Å²) in [5.74, 6) is 0.132. The van der Waals surface area contributed by atoms with Gasteiger partial charge in [-0.1, -0.05) is 30.3 Å². The molecule has 3 rings (SSSR count). The van der Waals surface area contributed by atoms with Gasteiger partial charge in [0.2, 0.25) is 0 Å². The molecule has 1 aromatic heterocycles. The molecular weight excluding hydrogens is 256 g/mol. The molecule has 0 saturated heterocycles. The lowest BCUT2D eigenvalue weighted by Crippen LogP contribution is -2.54. The quantitative estimate of drug-likeness (QED) is 0.931. The van der Waals surface area contributed by atoms with Crippen molar-refractivity contribution in [3.05, 3.63) is 40.7 Å². The molecule has 0 radical (unpaired) electrons. The van der Waals surface area contributed by atoms with Crippen molar-refractivity contribution < 1.29 is 4.79 Å². The first kappa shape index (κ1) is 12.5. The van der Waals surface area contributed by atoms with Gasteiger partial charge in [0.1, 0.15) is 5.01 Å². The van der Waals surface area contributed by atoms with E-state index in [2.05, 4.69) is 4.98 Å². The Bertz CT molecular complexity index is 587. The molecule has 0 spiro atoms. The predicted molar refractivity (Wildman–Crippen MR) is 77.0 cm³/mol. The van der Waals surface area contributed by atoms with E-state index in [0.29, 0.717) is 6.42 Å². The third-order valence-corrected chi connectivity index (χ3v) is 4.58. The molecule has 1 heterocycles. The molecule has 19 heavy (non-hydrogen) atoms. The molecule has 1 aliphatic carbocycles. The van der Waals surface area contributed by atoms with Crippen LogP contribution in [0.25, 0.3) is 11.3 Å². The zero-order chi connectivity index (χ0) is 13.3. The Morgan fingerprint density at radius 2 is 2.05 bits per heavy atom. The van der Waals surface area contributed by atoms with Gasteiger partial charge in [0.15, 0.2) is 5.78 Å². The van der Waals surface area contributed by atoms with Gasteiger partial charge in [0, 0.05) is 10.9 Å². The third-order valence-electron chi connectivity index (χ3n) is 3.73. The highest BCUT2D eigenvalue weighted by molar-refractivity contribution is 7.10. The highest BCUT2D eigenvalue weighted by atomic mass is 32.1. The fourth-order valence-electron chi connectivity index (χ4n) is 2.28. The minimum absolute atomic E-state index is 0.132. The van der Waals surface area contributed by atoms with E-state index in [0.717, 1.165) is 35.5 Å². The van der Waals surface area contributed by atoms with Gasteiger partial charge in [-0.15, -0.1) is 11.3 Å². The van der Waals surface area contributed by atoms with Crippen molar-refractivity contribution in [2.75, 3.05) is 0 Å². The van der Waals surface area contributed by atoms with E-state index >= 15 is 0 Å². The van der Waals surface area contributed by atoms with Crippen molar-refractivity contribution in [1.82, 2.24) is 4.98 Å². The summed E-state index contributed by atoms with van der Waals surface area (Å²) in [4.78, 5) is 16.6. The maximum atomic E-state index is 12.1. The average molecular weight is 272 g/mol. The van der Waals surface area contributed by atoms with Crippen molar-refractivity contribution in [1.29, 1.82) is 0 Å². The maximum absolute atomic E-state index is 12.1. The summed E-state index contributed by atoms with van der Waals surface area (Å²) in [7, 11) is 0. The largest absolute Gasteiger partial charge is 0.319 e. The Hall–Kier alpha value is -1.52.